The number of benzene rings is 1. The summed E-state index contributed by atoms with van der Waals surface area (Å²) in [4.78, 5) is 23.6. The Kier molecular flexibility index (Phi) is 4.19. The van der Waals surface area contributed by atoms with Crippen LogP contribution in [0.25, 0.3) is 0 Å². The van der Waals surface area contributed by atoms with Crippen LogP contribution in [0.5, 0.6) is 11.5 Å². The molecule has 1 aromatic carbocycles. The number of rotatable bonds is 3. The Labute approximate surface area is 126 Å². The van der Waals surface area contributed by atoms with Crippen LogP contribution in [-0.4, -0.2) is 36.2 Å². The van der Waals surface area contributed by atoms with Gasteiger partial charge in [0, 0.05) is 24.5 Å². The molecule has 0 saturated carbocycles. The molecule has 112 valence electrons. The molecule has 2 heterocycles. The van der Waals surface area contributed by atoms with Gasteiger partial charge in [0.2, 0.25) is 18.6 Å². The lowest BCUT2D eigenvalue weighted by Crippen LogP contribution is -2.47. The van der Waals surface area contributed by atoms with Crippen molar-refractivity contribution in [2.24, 2.45) is 0 Å². The van der Waals surface area contributed by atoms with E-state index in [-0.39, 0.29) is 18.6 Å². The molecular weight excluding hydrogens is 292 g/mol. The number of ether oxygens (including phenoxy) is 2. The van der Waals surface area contributed by atoms with Gasteiger partial charge < -0.3 is 20.1 Å². The molecule has 2 aliphatic heterocycles. The second kappa shape index (κ2) is 6.26. The van der Waals surface area contributed by atoms with Gasteiger partial charge in [0.15, 0.2) is 11.5 Å². The van der Waals surface area contributed by atoms with Crippen LogP contribution in [-0.2, 0) is 16.1 Å². The number of carbonyl (C=O) groups is 2. The van der Waals surface area contributed by atoms with Crippen LogP contribution in [0, 0.1) is 0 Å². The third-order valence-electron chi connectivity index (χ3n) is 3.31. The molecular formula is C14H16N2O4S. The Morgan fingerprint density at radius 2 is 2.24 bits per heavy atom. The highest BCUT2D eigenvalue weighted by Crippen LogP contribution is 2.32. The highest BCUT2D eigenvalue weighted by molar-refractivity contribution is 7.99. The summed E-state index contributed by atoms with van der Waals surface area (Å²) in [5.41, 5.74) is 0.931. The number of hydrogen-bond donors (Lipinski definition) is 2. The third kappa shape index (κ3) is 3.41. The van der Waals surface area contributed by atoms with Crippen LogP contribution in [0.4, 0.5) is 0 Å². The first kappa shape index (κ1) is 14.1. The molecule has 0 spiro atoms. The Morgan fingerprint density at radius 1 is 1.38 bits per heavy atom. The molecule has 0 unspecified atom stereocenters. The molecule has 0 bridgehead atoms. The summed E-state index contributed by atoms with van der Waals surface area (Å²) in [7, 11) is 0. The SMILES string of the molecule is O=C1CCSC[C@H](C(=O)NCc2ccc3c(c2)OCO3)N1. The monoisotopic (exact) mass is 308 g/mol. The first-order valence-electron chi connectivity index (χ1n) is 6.76. The number of thioether (sulfide) groups is 1. The average molecular weight is 308 g/mol. The maximum atomic E-state index is 12.1. The van der Waals surface area contributed by atoms with Crippen molar-refractivity contribution in [3.05, 3.63) is 23.8 Å². The molecule has 0 aliphatic carbocycles. The summed E-state index contributed by atoms with van der Waals surface area (Å²) < 4.78 is 10.5. The van der Waals surface area contributed by atoms with E-state index in [1.54, 1.807) is 11.8 Å². The summed E-state index contributed by atoms with van der Waals surface area (Å²) in [5, 5.41) is 5.58. The van der Waals surface area contributed by atoms with Gasteiger partial charge >= 0.3 is 0 Å². The lowest BCUT2D eigenvalue weighted by molar-refractivity contribution is -0.128. The van der Waals surface area contributed by atoms with Gasteiger partial charge in [-0.1, -0.05) is 6.07 Å². The van der Waals surface area contributed by atoms with Crippen molar-refractivity contribution in [2.45, 2.75) is 19.0 Å². The minimum Gasteiger partial charge on any atom is -0.454 e. The summed E-state index contributed by atoms with van der Waals surface area (Å²) >= 11 is 1.61. The zero-order valence-electron chi connectivity index (χ0n) is 11.4. The van der Waals surface area contributed by atoms with Gasteiger partial charge in [0.1, 0.15) is 6.04 Å². The van der Waals surface area contributed by atoms with Crippen LogP contribution in [0.2, 0.25) is 0 Å². The lowest BCUT2D eigenvalue weighted by Gasteiger charge is -2.15. The molecule has 1 fully saturated rings. The number of fused-ring (bicyclic) bond motifs is 1. The van der Waals surface area contributed by atoms with E-state index >= 15 is 0 Å². The van der Waals surface area contributed by atoms with E-state index in [2.05, 4.69) is 10.6 Å². The molecule has 2 aliphatic rings. The number of carbonyl (C=O) groups excluding carboxylic acids is 2. The Bertz CT molecular complexity index is 564. The molecule has 6 nitrogen and oxygen atoms in total. The first-order valence-corrected chi connectivity index (χ1v) is 7.91. The molecule has 2 N–H and O–H groups in total. The van der Waals surface area contributed by atoms with Crippen molar-refractivity contribution in [1.29, 1.82) is 0 Å². The van der Waals surface area contributed by atoms with Gasteiger partial charge in [0.05, 0.1) is 0 Å². The van der Waals surface area contributed by atoms with Crippen LogP contribution >= 0.6 is 11.8 Å². The molecule has 0 radical (unpaired) electrons. The second-order valence-electron chi connectivity index (χ2n) is 4.85. The molecule has 1 atom stereocenters. The molecule has 21 heavy (non-hydrogen) atoms. The fourth-order valence-electron chi connectivity index (χ4n) is 2.18. The van der Waals surface area contributed by atoms with Gasteiger partial charge in [-0.2, -0.15) is 11.8 Å². The maximum absolute atomic E-state index is 12.1. The quantitative estimate of drug-likeness (QED) is 0.857. The van der Waals surface area contributed by atoms with E-state index < -0.39 is 6.04 Å². The van der Waals surface area contributed by atoms with Crippen LogP contribution in [0.15, 0.2) is 18.2 Å². The van der Waals surface area contributed by atoms with Crippen molar-refractivity contribution >= 4 is 23.6 Å². The van der Waals surface area contributed by atoms with Gasteiger partial charge in [0.25, 0.3) is 0 Å². The first-order chi connectivity index (χ1) is 10.2. The van der Waals surface area contributed by atoms with Crippen LogP contribution in [0.3, 0.4) is 0 Å². The smallest absolute Gasteiger partial charge is 0.243 e. The Morgan fingerprint density at radius 3 is 3.14 bits per heavy atom. The third-order valence-corrected chi connectivity index (χ3v) is 4.38. The standard InChI is InChI=1S/C14H16N2O4S/c17-13-3-4-21-7-10(16-13)14(18)15-6-9-1-2-11-12(5-9)20-8-19-11/h1-2,5,10H,3-4,6-8H2,(H,15,18)(H,16,17)/t10-/m1/s1. The van der Waals surface area contributed by atoms with Crippen molar-refractivity contribution in [1.82, 2.24) is 10.6 Å². The minimum atomic E-state index is -0.459. The predicted octanol–water partition coefficient (Wildman–Crippen LogP) is 0.653. The normalized spacial score (nSPS) is 20.6. The minimum absolute atomic E-state index is 0.0665. The van der Waals surface area contributed by atoms with Crippen LogP contribution in [0.1, 0.15) is 12.0 Å². The van der Waals surface area contributed by atoms with E-state index in [9.17, 15) is 9.59 Å². The van der Waals surface area contributed by atoms with Gasteiger partial charge in [-0.15, -0.1) is 0 Å². The zero-order chi connectivity index (χ0) is 14.7. The average Bonchev–Trinajstić information content (AvgIpc) is 2.84. The maximum Gasteiger partial charge on any atom is 0.243 e. The topological polar surface area (TPSA) is 76.7 Å². The largest absolute Gasteiger partial charge is 0.454 e. The summed E-state index contributed by atoms with van der Waals surface area (Å²) in [6.45, 7) is 0.628. The number of nitrogens with one attached hydrogen (secondary N) is 2. The Hall–Kier alpha value is -1.89. The highest BCUT2D eigenvalue weighted by Gasteiger charge is 2.23. The fourth-order valence-corrected chi connectivity index (χ4v) is 3.15. The van der Waals surface area contributed by atoms with Gasteiger partial charge in [-0.3, -0.25) is 9.59 Å². The zero-order valence-corrected chi connectivity index (χ0v) is 12.2. The van der Waals surface area contributed by atoms with Gasteiger partial charge in [-0.25, -0.2) is 0 Å². The lowest BCUT2D eigenvalue weighted by atomic mass is 10.2. The molecule has 3 rings (SSSR count). The van der Waals surface area contributed by atoms with E-state index in [4.69, 9.17) is 9.47 Å². The number of hydrogen-bond acceptors (Lipinski definition) is 5. The predicted molar refractivity (Wildman–Crippen MR) is 78.3 cm³/mol. The molecule has 7 heteroatoms. The molecule has 2 amide bonds. The highest BCUT2D eigenvalue weighted by atomic mass is 32.2. The van der Waals surface area contributed by atoms with E-state index in [0.29, 0.717) is 24.5 Å². The van der Waals surface area contributed by atoms with Crippen molar-refractivity contribution < 1.29 is 19.1 Å². The summed E-state index contributed by atoms with van der Waals surface area (Å²) in [6.07, 6.45) is 0.469. The van der Waals surface area contributed by atoms with E-state index in [1.165, 1.54) is 0 Å². The number of amides is 2. The fraction of sp³-hybridized carbons (Fsp3) is 0.429. The Balaban J connectivity index is 1.56. The molecule has 0 aromatic heterocycles. The van der Waals surface area contributed by atoms with Crippen molar-refractivity contribution in [3.8, 4) is 11.5 Å². The molecule has 1 aromatic rings. The van der Waals surface area contributed by atoms with Crippen molar-refractivity contribution in [3.63, 3.8) is 0 Å². The second-order valence-corrected chi connectivity index (χ2v) is 6.00. The van der Waals surface area contributed by atoms with Crippen LogP contribution < -0.4 is 20.1 Å². The molecule has 1 saturated heterocycles. The summed E-state index contributed by atoms with van der Waals surface area (Å²) in [6, 6.07) is 5.10. The van der Waals surface area contributed by atoms with E-state index in [1.807, 2.05) is 18.2 Å². The van der Waals surface area contributed by atoms with Gasteiger partial charge in [-0.05, 0) is 17.7 Å². The summed E-state index contributed by atoms with van der Waals surface area (Å²) in [5.74, 6) is 2.56. The van der Waals surface area contributed by atoms with Crippen molar-refractivity contribution in [2.75, 3.05) is 18.3 Å². The van der Waals surface area contributed by atoms with E-state index in [0.717, 1.165) is 17.1 Å².